The number of hydrogen-bond acceptors (Lipinski definition) is 4. The Morgan fingerprint density at radius 2 is 2.22 bits per heavy atom. The zero-order chi connectivity index (χ0) is 12.8. The summed E-state index contributed by atoms with van der Waals surface area (Å²) in [7, 11) is -0.758. The highest BCUT2D eigenvalue weighted by Gasteiger charge is 2.33. The van der Waals surface area contributed by atoms with E-state index in [1.165, 1.54) is 4.70 Å². The molecule has 18 heavy (non-hydrogen) atoms. The van der Waals surface area contributed by atoms with Crippen molar-refractivity contribution in [3.05, 3.63) is 29.3 Å². The van der Waals surface area contributed by atoms with Crippen molar-refractivity contribution >= 4 is 32.4 Å². The van der Waals surface area contributed by atoms with Gasteiger partial charge < -0.3 is 5.32 Å². The lowest BCUT2D eigenvalue weighted by Crippen LogP contribution is -2.52. The van der Waals surface area contributed by atoms with E-state index in [1.54, 1.807) is 11.3 Å². The highest BCUT2D eigenvalue weighted by atomic mass is 32.2. The van der Waals surface area contributed by atoms with Gasteiger partial charge in [0.05, 0.1) is 16.3 Å². The van der Waals surface area contributed by atoms with Crippen molar-refractivity contribution in [3.8, 4) is 0 Å². The Morgan fingerprint density at radius 1 is 1.44 bits per heavy atom. The summed E-state index contributed by atoms with van der Waals surface area (Å²) >= 11 is 1.70. The lowest BCUT2D eigenvalue weighted by molar-refractivity contribution is 0.368. The zero-order valence-electron chi connectivity index (χ0n) is 10.5. The van der Waals surface area contributed by atoms with E-state index >= 15 is 0 Å². The molecule has 2 aromatic rings. The highest BCUT2D eigenvalue weighted by molar-refractivity contribution is 7.85. The standard InChI is InChI=1S/C13H16N2OS2/c1-13(2)8-18(16)7-10(15-13)12-14-9-5-3-4-6-11(9)17-12/h3-6,10,15H,7-8H2,1-2H3. The molecule has 0 bridgehead atoms. The van der Waals surface area contributed by atoms with Crippen LogP contribution in [0, 0.1) is 0 Å². The summed E-state index contributed by atoms with van der Waals surface area (Å²) in [5.41, 5.74) is 0.958. The van der Waals surface area contributed by atoms with Crippen LogP contribution in [-0.4, -0.2) is 26.2 Å². The molecule has 3 rings (SSSR count). The summed E-state index contributed by atoms with van der Waals surface area (Å²) in [6.07, 6.45) is 0. The summed E-state index contributed by atoms with van der Waals surface area (Å²) in [5.74, 6) is 1.39. The Bertz CT molecular complexity index is 573. The van der Waals surface area contributed by atoms with Gasteiger partial charge in [-0.3, -0.25) is 4.21 Å². The Morgan fingerprint density at radius 3 is 2.94 bits per heavy atom. The summed E-state index contributed by atoms with van der Waals surface area (Å²) in [6.45, 7) is 4.20. The number of nitrogens with zero attached hydrogens (tertiary/aromatic N) is 1. The van der Waals surface area contributed by atoms with Gasteiger partial charge in [-0.1, -0.05) is 12.1 Å². The number of aromatic nitrogens is 1. The summed E-state index contributed by atoms with van der Waals surface area (Å²) < 4.78 is 13.1. The molecule has 2 atom stereocenters. The minimum atomic E-state index is -0.758. The van der Waals surface area contributed by atoms with Crippen LogP contribution < -0.4 is 5.32 Å². The molecule has 1 aromatic heterocycles. The monoisotopic (exact) mass is 280 g/mol. The molecule has 0 aliphatic carbocycles. The number of para-hydroxylation sites is 1. The lowest BCUT2D eigenvalue weighted by atomic mass is 10.1. The van der Waals surface area contributed by atoms with Gasteiger partial charge in [-0.2, -0.15) is 0 Å². The Hall–Kier alpha value is -0.780. The van der Waals surface area contributed by atoms with Gasteiger partial charge in [-0.05, 0) is 26.0 Å². The van der Waals surface area contributed by atoms with E-state index in [0.717, 1.165) is 10.5 Å². The van der Waals surface area contributed by atoms with Crippen LogP contribution in [-0.2, 0) is 10.8 Å². The molecule has 0 radical (unpaired) electrons. The maximum atomic E-state index is 11.9. The molecule has 1 N–H and O–H groups in total. The highest BCUT2D eigenvalue weighted by Crippen LogP contribution is 2.30. The molecular formula is C13H16N2OS2. The smallest absolute Gasteiger partial charge is 0.112 e. The van der Waals surface area contributed by atoms with Crippen LogP contribution in [0.3, 0.4) is 0 Å². The van der Waals surface area contributed by atoms with Gasteiger partial charge in [0.1, 0.15) is 5.01 Å². The molecule has 5 heteroatoms. The second kappa shape index (κ2) is 4.40. The lowest BCUT2D eigenvalue weighted by Gasteiger charge is -2.35. The van der Waals surface area contributed by atoms with Crippen LogP contribution in [0.1, 0.15) is 24.9 Å². The van der Waals surface area contributed by atoms with Crippen LogP contribution in [0.5, 0.6) is 0 Å². The van der Waals surface area contributed by atoms with Crippen molar-refractivity contribution in [2.75, 3.05) is 11.5 Å². The first-order valence-corrected chi connectivity index (χ1v) is 8.32. The molecule has 1 aromatic carbocycles. The van der Waals surface area contributed by atoms with E-state index in [0.29, 0.717) is 11.5 Å². The van der Waals surface area contributed by atoms with Crippen LogP contribution in [0.2, 0.25) is 0 Å². The third-order valence-corrected chi connectivity index (χ3v) is 5.95. The van der Waals surface area contributed by atoms with Crippen molar-refractivity contribution < 1.29 is 4.21 Å². The first kappa shape index (κ1) is 12.3. The van der Waals surface area contributed by atoms with Crippen molar-refractivity contribution in [2.45, 2.75) is 25.4 Å². The number of nitrogens with one attached hydrogen (secondary N) is 1. The van der Waals surface area contributed by atoms with Gasteiger partial charge in [0, 0.05) is 27.8 Å². The van der Waals surface area contributed by atoms with E-state index in [1.807, 2.05) is 18.2 Å². The molecule has 1 fully saturated rings. The van der Waals surface area contributed by atoms with Gasteiger partial charge in [-0.25, -0.2) is 4.98 Å². The maximum Gasteiger partial charge on any atom is 0.112 e. The second-order valence-electron chi connectivity index (χ2n) is 5.35. The molecule has 1 aliphatic rings. The fraction of sp³-hybridized carbons (Fsp3) is 0.462. The molecule has 1 aliphatic heterocycles. The normalized spacial score (nSPS) is 27.4. The van der Waals surface area contributed by atoms with Crippen LogP contribution in [0.25, 0.3) is 10.2 Å². The van der Waals surface area contributed by atoms with E-state index in [-0.39, 0.29) is 11.6 Å². The quantitative estimate of drug-likeness (QED) is 0.872. The molecule has 2 unspecified atom stereocenters. The van der Waals surface area contributed by atoms with E-state index in [2.05, 4.69) is 30.2 Å². The summed E-state index contributed by atoms with van der Waals surface area (Å²) in [6, 6.07) is 8.26. The maximum absolute atomic E-state index is 11.9. The van der Waals surface area contributed by atoms with Gasteiger partial charge in [0.2, 0.25) is 0 Å². The largest absolute Gasteiger partial charge is 0.301 e. The third-order valence-electron chi connectivity index (χ3n) is 3.05. The van der Waals surface area contributed by atoms with E-state index in [9.17, 15) is 4.21 Å². The van der Waals surface area contributed by atoms with Crippen molar-refractivity contribution in [3.63, 3.8) is 0 Å². The van der Waals surface area contributed by atoms with Crippen molar-refractivity contribution in [1.29, 1.82) is 0 Å². The fourth-order valence-electron chi connectivity index (χ4n) is 2.37. The third kappa shape index (κ3) is 2.35. The molecule has 1 saturated heterocycles. The first-order valence-electron chi connectivity index (χ1n) is 6.02. The molecule has 2 heterocycles. The number of rotatable bonds is 1. The van der Waals surface area contributed by atoms with Gasteiger partial charge >= 0.3 is 0 Å². The Kier molecular flexibility index (Phi) is 3.00. The van der Waals surface area contributed by atoms with Crippen LogP contribution in [0.15, 0.2) is 24.3 Å². The molecule has 0 saturated carbocycles. The minimum absolute atomic E-state index is 0.0777. The Labute approximate surface area is 113 Å². The predicted molar refractivity (Wildman–Crippen MR) is 77.5 cm³/mol. The van der Waals surface area contributed by atoms with E-state index < -0.39 is 10.8 Å². The summed E-state index contributed by atoms with van der Waals surface area (Å²) in [4.78, 5) is 4.66. The zero-order valence-corrected chi connectivity index (χ0v) is 12.1. The van der Waals surface area contributed by atoms with Gasteiger partial charge in [0.25, 0.3) is 0 Å². The average Bonchev–Trinajstić information content (AvgIpc) is 2.69. The SMILES string of the molecule is CC1(C)CS(=O)CC(c2nc3ccccc3s2)N1. The van der Waals surface area contributed by atoms with Crippen molar-refractivity contribution in [1.82, 2.24) is 10.3 Å². The molecular weight excluding hydrogens is 264 g/mol. The van der Waals surface area contributed by atoms with Crippen LogP contribution >= 0.6 is 11.3 Å². The summed E-state index contributed by atoms with van der Waals surface area (Å²) in [5, 5.41) is 4.61. The minimum Gasteiger partial charge on any atom is -0.301 e. The predicted octanol–water partition coefficient (Wildman–Crippen LogP) is 2.47. The van der Waals surface area contributed by atoms with Gasteiger partial charge in [-0.15, -0.1) is 11.3 Å². The number of thiazole rings is 1. The van der Waals surface area contributed by atoms with Crippen LogP contribution in [0.4, 0.5) is 0 Å². The second-order valence-corrected chi connectivity index (χ2v) is 7.92. The van der Waals surface area contributed by atoms with Gasteiger partial charge in [0.15, 0.2) is 0 Å². The topological polar surface area (TPSA) is 42.0 Å². The molecule has 0 spiro atoms. The van der Waals surface area contributed by atoms with E-state index in [4.69, 9.17) is 0 Å². The number of hydrogen-bond donors (Lipinski definition) is 1. The molecule has 96 valence electrons. The van der Waals surface area contributed by atoms with Crippen molar-refractivity contribution in [2.24, 2.45) is 0 Å². The Balaban J connectivity index is 1.96. The average molecular weight is 280 g/mol. The number of fused-ring (bicyclic) bond motifs is 1. The first-order chi connectivity index (χ1) is 8.53. The molecule has 0 amide bonds. The molecule has 3 nitrogen and oxygen atoms in total. The fourth-order valence-corrected chi connectivity index (χ4v) is 5.12. The number of benzene rings is 1.